The van der Waals surface area contributed by atoms with Crippen molar-refractivity contribution < 1.29 is 19.4 Å². The number of carbonyl (C=O) groups is 2. The van der Waals surface area contributed by atoms with Gasteiger partial charge < -0.3 is 9.84 Å². The first-order valence-corrected chi connectivity index (χ1v) is 5.20. The summed E-state index contributed by atoms with van der Waals surface area (Å²) in [4.78, 5) is 22.1. The lowest BCUT2D eigenvalue weighted by Crippen LogP contribution is -2.24. The zero-order chi connectivity index (χ0) is 11.4. The molecule has 1 N–H and O–H groups in total. The third-order valence-electron chi connectivity index (χ3n) is 2.63. The molecule has 0 saturated carbocycles. The van der Waals surface area contributed by atoms with Gasteiger partial charge in [0.05, 0.1) is 0 Å². The number of unbranched alkanes of at least 4 members (excludes halogenated alkanes) is 2. The Bertz CT molecular complexity index is 282. The molecule has 0 spiro atoms. The van der Waals surface area contributed by atoms with Crippen molar-refractivity contribution in [1.82, 2.24) is 0 Å². The maximum absolute atomic E-state index is 11.1. The number of carboxylic acids is 1. The van der Waals surface area contributed by atoms with E-state index in [1.165, 1.54) is 0 Å². The molecular formula is C11H16O4. The minimum atomic E-state index is -1.02. The van der Waals surface area contributed by atoms with Gasteiger partial charge in [0.15, 0.2) is 0 Å². The van der Waals surface area contributed by atoms with E-state index in [2.05, 4.69) is 13.5 Å². The molecule has 0 aromatic heterocycles. The highest BCUT2D eigenvalue weighted by Gasteiger charge is 2.42. The summed E-state index contributed by atoms with van der Waals surface area (Å²) in [6.45, 7) is 5.52. The molecule has 0 amide bonds. The van der Waals surface area contributed by atoms with Crippen molar-refractivity contribution in [1.29, 1.82) is 0 Å². The first kappa shape index (κ1) is 11.8. The molecule has 4 nitrogen and oxygen atoms in total. The zero-order valence-electron chi connectivity index (χ0n) is 8.86. The van der Waals surface area contributed by atoms with Gasteiger partial charge in [-0.1, -0.05) is 26.3 Å². The van der Waals surface area contributed by atoms with Crippen molar-refractivity contribution in [3.05, 3.63) is 12.2 Å². The number of rotatable bonds is 5. The van der Waals surface area contributed by atoms with Crippen molar-refractivity contribution in [3.63, 3.8) is 0 Å². The number of hydrogen-bond donors (Lipinski definition) is 1. The Balaban J connectivity index is 2.59. The number of aliphatic carboxylic acids is 1. The molecule has 1 saturated heterocycles. The van der Waals surface area contributed by atoms with Crippen molar-refractivity contribution in [2.45, 2.75) is 38.7 Å². The smallest absolute Gasteiger partial charge is 0.334 e. The van der Waals surface area contributed by atoms with E-state index in [1.807, 2.05) is 0 Å². The van der Waals surface area contributed by atoms with Crippen molar-refractivity contribution in [2.24, 2.45) is 5.92 Å². The minimum Gasteiger partial charge on any atom is -0.481 e. The van der Waals surface area contributed by atoms with Gasteiger partial charge in [-0.15, -0.1) is 0 Å². The van der Waals surface area contributed by atoms with Crippen LogP contribution in [0.2, 0.25) is 0 Å². The molecule has 0 aromatic carbocycles. The molecular weight excluding hydrogens is 196 g/mol. The number of carbonyl (C=O) groups excluding carboxylic acids is 1. The molecule has 0 unspecified atom stereocenters. The molecule has 4 heteroatoms. The SMILES string of the molecule is C=C1C(=O)O[C@H](CCCCC)[C@H]1C(=O)O. The summed E-state index contributed by atoms with van der Waals surface area (Å²) in [5, 5.41) is 8.94. The third-order valence-corrected chi connectivity index (χ3v) is 2.63. The van der Waals surface area contributed by atoms with E-state index in [1.54, 1.807) is 0 Å². The van der Waals surface area contributed by atoms with E-state index in [0.717, 1.165) is 19.3 Å². The van der Waals surface area contributed by atoms with Crippen LogP contribution in [-0.4, -0.2) is 23.1 Å². The minimum absolute atomic E-state index is 0.0731. The lowest BCUT2D eigenvalue weighted by molar-refractivity contribution is -0.144. The molecule has 0 aromatic rings. The van der Waals surface area contributed by atoms with Crippen LogP contribution in [0.5, 0.6) is 0 Å². The van der Waals surface area contributed by atoms with E-state index < -0.39 is 24.0 Å². The van der Waals surface area contributed by atoms with Gasteiger partial charge in [0, 0.05) is 5.57 Å². The molecule has 84 valence electrons. The van der Waals surface area contributed by atoms with Gasteiger partial charge in [-0.25, -0.2) is 4.79 Å². The fourth-order valence-electron chi connectivity index (χ4n) is 1.76. The van der Waals surface area contributed by atoms with Crippen molar-refractivity contribution in [3.8, 4) is 0 Å². The molecule has 1 aliphatic rings. The second kappa shape index (κ2) is 4.96. The normalized spacial score (nSPS) is 25.4. The van der Waals surface area contributed by atoms with E-state index in [0.29, 0.717) is 6.42 Å². The average molecular weight is 212 g/mol. The number of cyclic esters (lactones) is 1. The van der Waals surface area contributed by atoms with Crippen LogP contribution in [-0.2, 0) is 14.3 Å². The Morgan fingerprint density at radius 3 is 2.73 bits per heavy atom. The zero-order valence-corrected chi connectivity index (χ0v) is 8.86. The maximum atomic E-state index is 11.1. The summed E-state index contributed by atoms with van der Waals surface area (Å²) in [6.07, 6.45) is 3.04. The number of hydrogen-bond acceptors (Lipinski definition) is 3. The van der Waals surface area contributed by atoms with Crippen molar-refractivity contribution in [2.75, 3.05) is 0 Å². The van der Waals surface area contributed by atoms with Crippen LogP contribution in [0, 0.1) is 5.92 Å². The first-order valence-electron chi connectivity index (χ1n) is 5.20. The van der Waals surface area contributed by atoms with E-state index in [-0.39, 0.29) is 5.57 Å². The molecule has 1 heterocycles. The largest absolute Gasteiger partial charge is 0.481 e. The lowest BCUT2D eigenvalue weighted by atomic mass is 9.94. The van der Waals surface area contributed by atoms with E-state index in [9.17, 15) is 9.59 Å². The van der Waals surface area contributed by atoms with Crippen LogP contribution in [0.1, 0.15) is 32.6 Å². The maximum Gasteiger partial charge on any atom is 0.334 e. The highest BCUT2D eigenvalue weighted by Crippen LogP contribution is 2.30. The van der Waals surface area contributed by atoms with Gasteiger partial charge >= 0.3 is 11.9 Å². The standard InChI is InChI=1S/C11H16O4/c1-3-4-5-6-8-9(10(12)13)7(2)11(14)15-8/h8-9H,2-6H2,1H3,(H,12,13)/t8-,9+/m1/s1. The molecule has 1 aliphatic heterocycles. The van der Waals surface area contributed by atoms with Gasteiger partial charge in [-0.3, -0.25) is 4.79 Å². The highest BCUT2D eigenvalue weighted by atomic mass is 16.6. The fraction of sp³-hybridized carbons (Fsp3) is 0.636. The number of ether oxygens (including phenoxy) is 1. The molecule has 1 rings (SSSR count). The molecule has 15 heavy (non-hydrogen) atoms. The van der Waals surface area contributed by atoms with Crippen LogP contribution in [0.4, 0.5) is 0 Å². The number of esters is 1. The topological polar surface area (TPSA) is 63.6 Å². The van der Waals surface area contributed by atoms with Crippen LogP contribution in [0.3, 0.4) is 0 Å². The van der Waals surface area contributed by atoms with Crippen molar-refractivity contribution >= 4 is 11.9 Å². The summed E-state index contributed by atoms with van der Waals surface area (Å²) in [5.74, 6) is -2.44. The summed E-state index contributed by atoms with van der Waals surface area (Å²) < 4.78 is 4.97. The molecule has 2 atom stereocenters. The van der Waals surface area contributed by atoms with Crippen LogP contribution in [0.15, 0.2) is 12.2 Å². The predicted octanol–water partition coefficient (Wildman–Crippen LogP) is 1.75. The summed E-state index contributed by atoms with van der Waals surface area (Å²) in [5.41, 5.74) is 0.0731. The van der Waals surface area contributed by atoms with Crippen LogP contribution >= 0.6 is 0 Å². The van der Waals surface area contributed by atoms with Crippen LogP contribution in [0.25, 0.3) is 0 Å². The predicted molar refractivity (Wildman–Crippen MR) is 54.3 cm³/mol. The summed E-state index contributed by atoms with van der Waals surface area (Å²) in [6, 6.07) is 0. The second-order valence-corrected chi connectivity index (χ2v) is 3.78. The van der Waals surface area contributed by atoms with E-state index in [4.69, 9.17) is 9.84 Å². The molecule has 0 bridgehead atoms. The van der Waals surface area contributed by atoms with Gasteiger partial charge in [-0.05, 0) is 12.8 Å². The Hall–Kier alpha value is -1.32. The average Bonchev–Trinajstić information content (AvgIpc) is 2.43. The summed E-state index contributed by atoms with van der Waals surface area (Å²) >= 11 is 0. The van der Waals surface area contributed by atoms with E-state index >= 15 is 0 Å². The second-order valence-electron chi connectivity index (χ2n) is 3.78. The Labute approximate surface area is 88.9 Å². The fourth-order valence-corrected chi connectivity index (χ4v) is 1.76. The van der Waals surface area contributed by atoms with Gasteiger partial charge in [0.1, 0.15) is 12.0 Å². The van der Waals surface area contributed by atoms with Crippen LogP contribution < -0.4 is 0 Å². The monoisotopic (exact) mass is 212 g/mol. The Morgan fingerprint density at radius 1 is 1.53 bits per heavy atom. The Kier molecular flexibility index (Phi) is 3.88. The van der Waals surface area contributed by atoms with Gasteiger partial charge in [-0.2, -0.15) is 0 Å². The Morgan fingerprint density at radius 2 is 2.20 bits per heavy atom. The van der Waals surface area contributed by atoms with Gasteiger partial charge in [0.25, 0.3) is 0 Å². The highest BCUT2D eigenvalue weighted by molar-refractivity contribution is 5.97. The molecule has 0 aliphatic carbocycles. The first-order chi connectivity index (χ1) is 7.07. The molecule has 1 fully saturated rings. The molecule has 0 radical (unpaired) electrons. The quantitative estimate of drug-likeness (QED) is 0.428. The third kappa shape index (κ3) is 2.58. The van der Waals surface area contributed by atoms with Gasteiger partial charge in [0.2, 0.25) is 0 Å². The summed E-state index contributed by atoms with van der Waals surface area (Å²) in [7, 11) is 0. The number of carboxylic acid groups (broad SMARTS) is 1. The lowest BCUT2D eigenvalue weighted by Gasteiger charge is -2.13.